The maximum absolute atomic E-state index is 14.3. The van der Waals surface area contributed by atoms with Crippen LogP contribution in [0.1, 0.15) is 37.4 Å². The molecule has 0 amide bonds. The Balaban J connectivity index is 2.46. The van der Waals surface area contributed by atoms with Crippen molar-refractivity contribution in [1.82, 2.24) is 10.2 Å². The monoisotopic (exact) mass is 318 g/mol. The average Bonchev–Trinajstić information content (AvgIpc) is 2.44. The number of hydrogen-bond donors (Lipinski definition) is 1. The molecule has 0 unspecified atom stereocenters. The number of nitrogens with one attached hydrogen (secondary N) is 1. The Morgan fingerprint density at radius 1 is 1.18 bits per heavy atom. The van der Waals surface area contributed by atoms with Crippen molar-refractivity contribution in [3.8, 4) is 0 Å². The molecule has 1 heterocycles. The lowest BCUT2D eigenvalue weighted by atomic mass is 9.91. The van der Waals surface area contributed by atoms with Crippen LogP contribution in [0.4, 0.5) is 17.6 Å². The molecule has 2 nitrogen and oxygen atoms in total. The summed E-state index contributed by atoms with van der Waals surface area (Å²) in [6.45, 7) is 6.58. The van der Waals surface area contributed by atoms with E-state index in [1.54, 1.807) is 0 Å². The fourth-order valence-corrected chi connectivity index (χ4v) is 3.01. The maximum Gasteiger partial charge on any atom is 0.416 e. The van der Waals surface area contributed by atoms with Crippen LogP contribution in [0.15, 0.2) is 18.2 Å². The second-order valence-corrected chi connectivity index (χ2v) is 6.13. The van der Waals surface area contributed by atoms with Crippen molar-refractivity contribution < 1.29 is 17.6 Å². The standard InChI is InChI=1S/C16H22F4N2/c1-11(2)10-14(22-8-6-21-7-9-22)15-12(16(18,19)20)4-3-5-13(15)17/h3-5,11,14,21H,6-10H2,1-2H3/t14-/m0/s1. The van der Waals surface area contributed by atoms with Crippen LogP contribution in [-0.2, 0) is 6.18 Å². The molecule has 1 aliphatic rings. The minimum absolute atomic E-state index is 0.181. The topological polar surface area (TPSA) is 15.3 Å². The van der Waals surface area contributed by atoms with Gasteiger partial charge in [-0.05, 0) is 24.5 Å². The van der Waals surface area contributed by atoms with Crippen molar-refractivity contribution in [2.45, 2.75) is 32.5 Å². The molecular weight excluding hydrogens is 296 g/mol. The molecule has 0 saturated carbocycles. The molecule has 0 bridgehead atoms. The normalized spacial score (nSPS) is 18.7. The highest BCUT2D eigenvalue weighted by molar-refractivity contribution is 5.34. The summed E-state index contributed by atoms with van der Waals surface area (Å²) in [6.07, 6.45) is -4.04. The van der Waals surface area contributed by atoms with Crippen molar-refractivity contribution in [2.75, 3.05) is 26.2 Å². The first-order valence-corrected chi connectivity index (χ1v) is 7.61. The second-order valence-electron chi connectivity index (χ2n) is 6.13. The van der Waals surface area contributed by atoms with Gasteiger partial charge in [-0.3, -0.25) is 4.90 Å². The molecule has 22 heavy (non-hydrogen) atoms. The average molecular weight is 318 g/mol. The molecule has 2 rings (SSSR count). The van der Waals surface area contributed by atoms with Crippen molar-refractivity contribution in [3.05, 3.63) is 35.1 Å². The first-order chi connectivity index (χ1) is 10.3. The molecular formula is C16H22F4N2. The maximum atomic E-state index is 14.3. The fraction of sp³-hybridized carbons (Fsp3) is 0.625. The molecule has 1 fully saturated rings. The minimum atomic E-state index is -4.54. The highest BCUT2D eigenvalue weighted by atomic mass is 19.4. The third-order valence-corrected chi connectivity index (χ3v) is 3.98. The Morgan fingerprint density at radius 3 is 2.36 bits per heavy atom. The number of alkyl halides is 3. The van der Waals surface area contributed by atoms with Crippen LogP contribution in [0.25, 0.3) is 0 Å². The van der Waals surface area contributed by atoms with E-state index in [0.717, 1.165) is 18.2 Å². The molecule has 1 saturated heterocycles. The third-order valence-electron chi connectivity index (χ3n) is 3.98. The number of piperazine rings is 1. The molecule has 0 radical (unpaired) electrons. The van der Waals surface area contributed by atoms with Crippen molar-refractivity contribution in [3.63, 3.8) is 0 Å². The van der Waals surface area contributed by atoms with E-state index in [4.69, 9.17) is 0 Å². The predicted octanol–water partition coefficient (Wildman–Crippen LogP) is 3.84. The Bertz CT molecular complexity index is 493. The lowest BCUT2D eigenvalue weighted by Gasteiger charge is -2.37. The van der Waals surface area contributed by atoms with E-state index in [-0.39, 0.29) is 11.5 Å². The van der Waals surface area contributed by atoms with Gasteiger partial charge in [0, 0.05) is 37.8 Å². The lowest BCUT2D eigenvalue weighted by Crippen LogP contribution is -2.46. The van der Waals surface area contributed by atoms with Gasteiger partial charge in [0.1, 0.15) is 5.82 Å². The Hall–Kier alpha value is -1.14. The number of rotatable bonds is 4. The first kappa shape index (κ1) is 17.2. The van der Waals surface area contributed by atoms with E-state index in [1.807, 2.05) is 18.7 Å². The number of hydrogen-bond acceptors (Lipinski definition) is 2. The van der Waals surface area contributed by atoms with Crippen LogP contribution in [0.2, 0.25) is 0 Å². The predicted molar refractivity (Wildman–Crippen MR) is 78.0 cm³/mol. The zero-order valence-electron chi connectivity index (χ0n) is 12.9. The van der Waals surface area contributed by atoms with E-state index in [1.165, 1.54) is 0 Å². The summed E-state index contributed by atoms with van der Waals surface area (Å²) in [5.74, 6) is -0.584. The molecule has 0 aromatic heterocycles. The Kier molecular flexibility index (Phi) is 5.45. The van der Waals surface area contributed by atoms with Gasteiger partial charge in [0.25, 0.3) is 0 Å². The van der Waals surface area contributed by atoms with Crippen LogP contribution in [0, 0.1) is 11.7 Å². The van der Waals surface area contributed by atoms with Crippen molar-refractivity contribution in [1.29, 1.82) is 0 Å². The van der Waals surface area contributed by atoms with Gasteiger partial charge in [-0.1, -0.05) is 19.9 Å². The number of halogens is 4. The zero-order chi connectivity index (χ0) is 16.3. The quantitative estimate of drug-likeness (QED) is 0.849. The van der Waals surface area contributed by atoms with Gasteiger partial charge >= 0.3 is 6.18 Å². The summed E-state index contributed by atoms with van der Waals surface area (Å²) in [6, 6.07) is 2.69. The minimum Gasteiger partial charge on any atom is -0.314 e. The third kappa shape index (κ3) is 3.98. The van der Waals surface area contributed by atoms with Gasteiger partial charge in [0.15, 0.2) is 0 Å². The van der Waals surface area contributed by atoms with Crippen LogP contribution in [-0.4, -0.2) is 31.1 Å². The SMILES string of the molecule is CC(C)C[C@@H](c1c(F)cccc1C(F)(F)F)N1CCNCC1. The molecule has 6 heteroatoms. The molecule has 1 aromatic carbocycles. The fourth-order valence-electron chi connectivity index (χ4n) is 3.01. The largest absolute Gasteiger partial charge is 0.416 e. The Morgan fingerprint density at radius 2 is 1.82 bits per heavy atom. The van der Waals surface area contributed by atoms with E-state index in [2.05, 4.69) is 5.32 Å². The molecule has 1 atom stereocenters. The highest BCUT2D eigenvalue weighted by Crippen LogP contribution is 2.40. The van der Waals surface area contributed by atoms with E-state index in [0.29, 0.717) is 32.6 Å². The molecule has 0 aliphatic carbocycles. The van der Waals surface area contributed by atoms with Gasteiger partial charge in [-0.25, -0.2) is 4.39 Å². The van der Waals surface area contributed by atoms with E-state index >= 15 is 0 Å². The van der Waals surface area contributed by atoms with Crippen LogP contribution in [0.3, 0.4) is 0 Å². The molecule has 1 N–H and O–H groups in total. The lowest BCUT2D eigenvalue weighted by molar-refractivity contribution is -0.139. The van der Waals surface area contributed by atoms with E-state index < -0.39 is 23.6 Å². The Labute approximate surface area is 128 Å². The van der Waals surface area contributed by atoms with Gasteiger partial charge in [0.2, 0.25) is 0 Å². The smallest absolute Gasteiger partial charge is 0.314 e. The number of benzene rings is 1. The number of nitrogens with zero attached hydrogens (tertiary/aromatic N) is 1. The van der Waals surface area contributed by atoms with Crippen molar-refractivity contribution in [2.24, 2.45) is 5.92 Å². The van der Waals surface area contributed by atoms with Crippen molar-refractivity contribution >= 4 is 0 Å². The highest BCUT2D eigenvalue weighted by Gasteiger charge is 2.38. The summed E-state index contributed by atoms with van der Waals surface area (Å²) < 4.78 is 54.2. The molecule has 124 valence electrons. The molecule has 1 aliphatic heterocycles. The summed E-state index contributed by atoms with van der Waals surface area (Å²) in [4.78, 5) is 1.96. The van der Waals surface area contributed by atoms with E-state index in [9.17, 15) is 17.6 Å². The van der Waals surface area contributed by atoms with Crippen LogP contribution >= 0.6 is 0 Å². The van der Waals surface area contributed by atoms with Gasteiger partial charge in [0.05, 0.1) is 5.56 Å². The molecule has 0 spiro atoms. The second kappa shape index (κ2) is 6.96. The summed E-state index contributed by atoms with van der Waals surface area (Å²) in [5, 5.41) is 3.18. The summed E-state index contributed by atoms with van der Waals surface area (Å²) >= 11 is 0. The summed E-state index contributed by atoms with van der Waals surface area (Å²) in [7, 11) is 0. The van der Waals surface area contributed by atoms with Gasteiger partial charge in [-0.15, -0.1) is 0 Å². The van der Waals surface area contributed by atoms with Crippen LogP contribution in [0.5, 0.6) is 0 Å². The zero-order valence-corrected chi connectivity index (χ0v) is 12.9. The van der Waals surface area contributed by atoms with Crippen LogP contribution < -0.4 is 5.32 Å². The molecule has 1 aromatic rings. The van der Waals surface area contributed by atoms with Gasteiger partial charge < -0.3 is 5.32 Å². The van der Waals surface area contributed by atoms with Gasteiger partial charge in [-0.2, -0.15) is 13.2 Å². The summed E-state index contributed by atoms with van der Waals surface area (Å²) in [5.41, 5.74) is -1.05. The first-order valence-electron chi connectivity index (χ1n) is 7.61.